The van der Waals surface area contributed by atoms with Crippen LogP contribution in [0, 0.1) is 6.92 Å². The Morgan fingerprint density at radius 1 is 1.30 bits per heavy atom. The van der Waals surface area contributed by atoms with E-state index in [1.165, 1.54) is 0 Å². The van der Waals surface area contributed by atoms with Crippen LogP contribution in [0.1, 0.15) is 25.0 Å². The lowest BCUT2D eigenvalue weighted by atomic mass is 10.1. The van der Waals surface area contributed by atoms with Gasteiger partial charge in [-0.2, -0.15) is 0 Å². The van der Waals surface area contributed by atoms with E-state index in [2.05, 4.69) is 10.0 Å². The molecular formula is C14H24N2O3S. The summed E-state index contributed by atoms with van der Waals surface area (Å²) in [6.07, 6.45) is 0.0983. The first-order chi connectivity index (χ1) is 9.36. The van der Waals surface area contributed by atoms with Crippen molar-refractivity contribution in [3.8, 4) is 0 Å². The van der Waals surface area contributed by atoms with E-state index < -0.39 is 10.0 Å². The van der Waals surface area contributed by atoms with Crippen molar-refractivity contribution in [2.75, 3.05) is 20.2 Å². The summed E-state index contributed by atoms with van der Waals surface area (Å²) in [5.74, 6) is 0. The Morgan fingerprint density at radius 3 is 2.60 bits per heavy atom. The molecule has 0 bridgehead atoms. The number of hydrogen-bond acceptors (Lipinski definition) is 4. The smallest absolute Gasteiger partial charge is 0.240 e. The molecule has 0 amide bonds. The fourth-order valence-electron chi connectivity index (χ4n) is 1.75. The highest BCUT2D eigenvalue weighted by atomic mass is 32.2. The average molecular weight is 300 g/mol. The van der Waals surface area contributed by atoms with Gasteiger partial charge in [-0.3, -0.25) is 0 Å². The summed E-state index contributed by atoms with van der Waals surface area (Å²) in [4.78, 5) is 0.290. The maximum absolute atomic E-state index is 12.2. The lowest BCUT2D eigenvalue weighted by Gasteiger charge is -2.11. The van der Waals surface area contributed by atoms with Crippen LogP contribution in [0.2, 0.25) is 0 Å². The molecule has 1 rings (SSSR count). The Bertz CT molecular complexity index is 527. The van der Waals surface area contributed by atoms with Crippen LogP contribution >= 0.6 is 0 Å². The molecule has 2 N–H and O–H groups in total. The maximum Gasteiger partial charge on any atom is 0.240 e. The van der Waals surface area contributed by atoms with Crippen molar-refractivity contribution >= 4 is 10.0 Å². The molecule has 20 heavy (non-hydrogen) atoms. The third kappa shape index (κ3) is 5.20. The Hall–Kier alpha value is -0.950. The van der Waals surface area contributed by atoms with Crippen LogP contribution < -0.4 is 10.0 Å². The highest BCUT2D eigenvalue weighted by Gasteiger charge is 2.14. The number of rotatable bonds is 8. The number of sulfonamides is 1. The third-order valence-electron chi connectivity index (χ3n) is 2.84. The minimum Gasteiger partial charge on any atom is -0.377 e. The molecule has 1 aromatic rings. The molecule has 0 aliphatic carbocycles. The SMILES string of the molecule is CNCc1cc(S(=O)(=O)NCCOC(C)C)ccc1C. The number of ether oxygens (including phenoxy) is 1. The van der Waals surface area contributed by atoms with Gasteiger partial charge in [0, 0.05) is 13.1 Å². The Morgan fingerprint density at radius 2 is 2.00 bits per heavy atom. The van der Waals surface area contributed by atoms with Gasteiger partial charge in [0.15, 0.2) is 0 Å². The topological polar surface area (TPSA) is 67.4 Å². The predicted molar refractivity (Wildman–Crippen MR) is 80.2 cm³/mol. The molecule has 1 aromatic carbocycles. The molecule has 114 valence electrons. The van der Waals surface area contributed by atoms with Crippen molar-refractivity contribution in [2.24, 2.45) is 0 Å². The molecule has 0 fully saturated rings. The van der Waals surface area contributed by atoms with Crippen LogP contribution in [0.15, 0.2) is 23.1 Å². The Kier molecular flexibility index (Phi) is 6.61. The molecule has 0 aliphatic rings. The summed E-state index contributed by atoms with van der Waals surface area (Å²) in [5.41, 5.74) is 2.05. The minimum absolute atomic E-state index is 0.0983. The van der Waals surface area contributed by atoms with Crippen LogP contribution in [-0.2, 0) is 21.3 Å². The fraction of sp³-hybridized carbons (Fsp3) is 0.571. The Balaban J connectivity index is 2.74. The second-order valence-corrected chi connectivity index (χ2v) is 6.70. The second kappa shape index (κ2) is 7.73. The summed E-state index contributed by atoms with van der Waals surface area (Å²) < 4.78 is 32.2. The molecule has 5 nitrogen and oxygen atoms in total. The van der Waals surface area contributed by atoms with Crippen molar-refractivity contribution in [1.82, 2.24) is 10.0 Å². The van der Waals surface area contributed by atoms with Gasteiger partial charge in [-0.05, 0) is 51.1 Å². The molecule has 6 heteroatoms. The van der Waals surface area contributed by atoms with E-state index in [4.69, 9.17) is 4.74 Å². The van der Waals surface area contributed by atoms with Crippen molar-refractivity contribution in [2.45, 2.75) is 38.3 Å². The predicted octanol–water partition coefficient (Wildman–Crippen LogP) is 1.42. The summed E-state index contributed by atoms with van der Waals surface area (Å²) in [6.45, 7) is 7.08. The molecular weight excluding hydrogens is 276 g/mol. The minimum atomic E-state index is -3.47. The number of aryl methyl sites for hydroxylation is 1. The molecule has 0 radical (unpaired) electrons. The molecule has 0 unspecified atom stereocenters. The molecule has 0 atom stereocenters. The van der Waals surface area contributed by atoms with E-state index in [9.17, 15) is 8.42 Å². The van der Waals surface area contributed by atoms with Crippen molar-refractivity contribution in [3.05, 3.63) is 29.3 Å². The summed E-state index contributed by atoms with van der Waals surface area (Å²) in [6, 6.07) is 5.16. The maximum atomic E-state index is 12.2. The molecule has 0 heterocycles. The van der Waals surface area contributed by atoms with Crippen LogP contribution in [0.5, 0.6) is 0 Å². The number of benzene rings is 1. The van der Waals surface area contributed by atoms with Crippen LogP contribution in [0.25, 0.3) is 0 Å². The van der Waals surface area contributed by atoms with E-state index in [0.717, 1.165) is 11.1 Å². The van der Waals surface area contributed by atoms with E-state index in [0.29, 0.717) is 13.2 Å². The number of nitrogens with one attached hydrogen (secondary N) is 2. The van der Waals surface area contributed by atoms with Gasteiger partial charge in [0.25, 0.3) is 0 Å². The molecule has 0 aromatic heterocycles. The average Bonchev–Trinajstić information content (AvgIpc) is 2.37. The molecule has 0 aliphatic heterocycles. The summed E-state index contributed by atoms with van der Waals surface area (Å²) in [7, 11) is -1.64. The lowest BCUT2D eigenvalue weighted by molar-refractivity contribution is 0.0834. The second-order valence-electron chi connectivity index (χ2n) is 4.94. The first kappa shape index (κ1) is 17.1. The first-order valence-corrected chi connectivity index (χ1v) is 8.20. The van der Waals surface area contributed by atoms with Crippen LogP contribution in [0.3, 0.4) is 0 Å². The highest BCUT2D eigenvalue weighted by Crippen LogP contribution is 2.15. The lowest BCUT2D eigenvalue weighted by Crippen LogP contribution is -2.28. The van der Waals surface area contributed by atoms with Gasteiger partial charge in [-0.15, -0.1) is 0 Å². The fourth-order valence-corrected chi connectivity index (χ4v) is 2.81. The third-order valence-corrected chi connectivity index (χ3v) is 4.30. The highest BCUT2D eigenvalue weighted by molar-refractivity contribution is 7.89. The zero-order chi connectivity index (χ0) is 15.2. The van der Waals surface area contributed by atoms with Crippen molar-refractivity contribution < 1.29 is 13.2 Å². The Labute approximate surface area is 121 Å². The molecule has 0 spiro atoms. The van der Waals surface area contributed by atoms with Gasteiger partial charge in [0.1, 0.15) is 0 Å². The molecule has 0 saturated carbocycles. The van der Waals surface area contributed by atoms with Gasteiger partial charge in [-0.1, -0.05) is 6.07 Å². The van der Waals surface area contributed by atoms with E-state index in [-0.39, 0.29) is 17.5 Å². The summed E-state index contributed by atoms with van der Waals surface area (Å²) >= 11 is 0. The van der Waals surface area contributed by atoms with Crippen LogP contribution in [-0.4, -0.2) is 34.7 Å². The van der Waals surface area contributed by atoms with Gasteiger partial charge in [0.2, 0.25) is 10.0 Å². The van der Waals surface area contributed by atoms with Crippen molar-refractivity contribution in [3.63, 3.8) is 0 Å². The standard InChI is InChI=1S/C14H24N2O3S/c1-11(2)19-8-7-16-20(17,18)14-6-5-12(3)13(9-14)10-15-4/h5-6,9,11,15-16H,7-8,10H2,1-4H3. The van der Waals surface area contributed by atoms with Crippen LogP contribution in [0.4, 0.5) is 0 Å². The monoisotopic (exact) mass is 300 g/mol. The van der Waals surface area contributed by atoms with Gasteiger partial charge < -0.3 is 10.1 Å². The van der Waals surface area contributed by atoms with E-state index >= 15 is 0 Å². The largest absolute Gasteiger partial charge is 0.377 e. The summed E-state index contributed by atoms with van der Waals surface area (Å²) in [5, 5.41) is 3.03. The van der Waals surface area contributed by atoms with Gasteiger partial charge in [-0.25, -0.2) is 13.1 Å². The zero-order valence-corrected chi connectivity index (χ0v) is 13.4. The quantitative estimate of drug-likeness (QED) is 0.713. The van der Waals surface area contributed by atoms with E-state index in [1.807, 2.05) is 33.9 Å². The zero-order valence-electron chi connectivity index (χ0n) is 12.6. The van der Waals surface area contributed by atoms with E-state index in [1.54, 1.807) is 12.1 Å². The normalized spacial score (nSPS) is 12.1. The van der Waals surface area contributed by atoms with Gasteiger partial charge in [0.05, 0.1) is 17.6 Å². The first-order valence-electron chi connectivity index (χ1n) is 6.72. The molecule has 0 saturated heterocycles. The van der Waals surface area contributed by atoms with Gasteiger partial charge >= 0.3 is 0 Å². The van der Waals surface area contributed by atoms with Crippen molar-refractivity contribution in [1.29, 1.82) is 0 Å². The number of hydrogen-bond donors (Lipinski definition) is 2.